The van der Waals surface area contributed by atoms with Crippen LogP contribution in [0.15, 0.2) is 12.5 Å². The summed E-state index contributed by atoms with van der Waals surface area (Å²) in [5.74, 6) is -0.798. The van der Waals surface area contributed by atoms with Crippen molar-refractivity contribution in [3.8, 4) is 0 Å². The fourth-order valence-corrected chi connectivity index (χ4v) is 2.78. The minimum absolute atomic E-state index is 0.255. The molecular formula is C14H21N3O3. The van der Waals surface area contributed by atoms with Crippen molar-refractivity contribution < 1.29 is 14.7 Å². The summed E-state index contributed by atoms with van der Waals surface area (Å²) in [4.78, 5) is 27.7. The number of carboxylic acids is 1. The molecule has 0 aliphatic heterocycles. The van der Waals surface area contributed by atoms with Gasteiger partial charge in [0.05, 0.1) is 6.33 Å². The smallest absolute Gasteiger partial charge is 0.329 e. The minimum atomic E-state index is -1.14. The second-order valence-electron chi connectivity index (χ2n) is 5.62. The molecule has 1 heterocycles. The number of hydrogen-bond donors (Lipinski definition) is 2. The Bertz CT molecular complexity index is 502. The van der Waals surface area contributed by atoms with Crippen molar-refractivity contribution in [3.63, 3.8) is 0 Å². The normalized spacial score (nSPS) is 26.2. The zero-order chi connectivity index (χ0) is 14.8. The van der Waals surface area contributed by atoms with E-state index < -0.39 is 17.4 Å². The van der Waals surface area contributed by atoms with Gasteiger partial charge in [-0.15, -0.1) is 0 Å². The molecule has 6 nitrogen and oxygen atoms in total. The van der Waals surface area contributed by atoms with Gasteiger partial charge < -0.3 is 15.0 Å². The maximum absolute atomic E-state index is 12.1. The van der Waals surface area contributed by atoms with Gasteiger partial charge in [-0.1, -0.05) is 13.3 Å². The molecule has 1 fully saturated rings. The molecule has 0 aromatic carbocycles. The first-order valence-electron chi connectivity index (χ1n) is 7.00. The number of carbonyl (C=O) groups excluding carboxylic acids is 1. The molecule has 1 amide bonds. The van der Waals surface area contributed by atoms with E-state index in [-0.39, 0.29) is 5.69 Å². The fraction of sp³-hybridized carbons (Fsp3) is 0.643. The quantitative estimate of drug-likeness (QED) is 0.876. The van der Waals surface area contributed by atoms with Crippen LogP contribution in [0.3, 0.4) is 0 Å². The second kappa shape index (κ2) is 5.64. The van der Waals surface area contributed by atoms with E-state index in [4.69, 9.17) is 0 Å². The lowest BCUT2D eigenvalue weighted by atomic mass is 9.75. The van der Waals surface area contributed by atoms with Gasteiger partial charge in [-0.2, -0.15) is 0 Å². The van der Waals surface area contributed by atoms with Crippen LogP contribution in [-0.4, -0.2) is 32.1 Å². The third-order valence-electron chi connectivity index (χ3n) is 4.24. The number of nitrogens with one attached hydrogen (secondary N) is 1. The van der Waals surface area contributed by atoms with Crippen LogP contribution < -0.4 is 5.32 Å². The molecule has 2 N–H and O–H groups in total. The molecule has 1 aliphatic carbocycles. The zero-order valence-corrected chi connectivity index (χ0v) is 11.9. The average molecular weight is 279 g/mol. The predicted molar refractivity (Wildman–Crippen MR) is 73.3 cm³/mol. The molecule has 110 valence electrons. The Hall–Kier alpha value is -1.85. The second-order valence-corrected chi connectivity index (χ2v) is 5.62. The first kappa shape index (κ1) is 14.6. The Kier molecular flexibility index (Phi) is 4.11. The van der Waals surface area contributed by atoms with Crippen LogP contribution in [0, 0.1) is 5.92 Å². The number of nitrogens with zero attached hydrogens (tertiary/aromatic N) is 2. The molecule has 1 saturated carbocycles. The van der Waals surface area contributed by atoms with Crippen molar-refractivity contribution in [2.45, 2.75) is 44.6 Å². The lowest BCUT2D eigenvalue weighted by Crippen LogP contribution is -2.56. The number of hydrogen-bond acceptors (Lipinski definition) is 3. The van der Waals surface area contributed by atoms with E-state index in [0.717, 1.165) is 19.3 Å². The maximum Gasteiger partial charge on any atom is 0.329 e. The van der Waals surface area contributed by atoms with Gasteiger partial charge in [-0.25, -0.2) is 9.78 Å². The topological polar surface area (TPSA) is 84.2 Å². The van der Waals surface area contributed by atoms with Gasteiger partial charge in [0.15, 0.2) is 0 Å². The summed E-state index contributed by atoms with van der Waals surface area (Å²) < 4.78 is 1.66. The summed E-state index contributed by atoms with van der Waals surface area (Å²) in [6, 6.07) is 0. The Balaban J connectivity index is 2.10. The third kappa shape index (κ3) is 2.84. The molecule has 6 heteroatoms. The van der Waals surface area contributed by atoms with Crippen molar-refractivity contribution in [2.24, 2.45) is 13.0 Å². The highest BCUT2D eigenvalue weighted by Crippen LogP contribution is 2.34. The van der Waals surface area contributed by atoms with Crippen molar-refractivity contribution in [2.75, 3.05) is 0 Å². The van der Waals surface area contributed by atoms with E-state index in [1.54, 1.807) is 17.8 Å². The van der Waals surface area contributed by atoms with Gasteiger partial charge in [-0.05, 0) is 31.6 Å². The molecule has 1 aromatic rings. The summed E-state index contributed by atoms with van der Waals surface area (Å²) in [5, 5.41) is 12.2. The molecule has 0 atom stereocenters. The molecule has 1 aromatic heterocycles. The van der Waals surface area contributed by atoms with Crippen LogP contribution in [-0.2, 0) is 11.8 Å². The van der Waals surface area contributed by atoms with Crippen LogP contribution in [0.2, 0.25) is 0 Å². The molecule has 0 bridgehead atoms. The molecular weight excluding hydrogens is 258 g/mol. The molecule has 0 spiro atoms. The van der Waals surface area contributed by atoms with Gasteiger partial charge in [0.2, 0.25) is 0 Å². The first-order valence-corrected chi connectivity index (χ1v) is 7.00. The van der Waals surface area contributed by atoms with Crippen LogP contribution in [0.4, 0.5) is 0 Å². The van der Waals surface area contributed by atoms with E-state index >= 15 is 0 Å². The number of aliphatic carboxylic acids is 1. The third-order valence-corrected chi connectivity index (χ3v) is 4.24. The van der Waals surface area contributed by atoms with E-state index in [0.29, 0.717) is 18.8 Å². The molecule has 0 saturated heterocycles. The van der Waals surface area contributed by atoms with Gasteiger partial charge in [0, 0.05) is 13.2 Å². The van der Waals surface area contributed by atoms with Crippen molar-refractivity contribution in [1.29, 1.82) is 0 Å². The Labute approximate surface area is 118 Å². The monoisotopic (exact) mass is 279 g/mol. The summed E-state index contributed by atoms with van der Waals surface area (Å²) in [6.07, 6.45) is 6.82. The van der Waals surface area contributed by atoms with Crippen molar-refractivity contribution in [3.05, 3.63) is 18.2 Å². The average Bonchev–Trinajstić information content (AvgIpc) is 2.86. The van der Waals surface area contributed by atoms with E-state index in [9.17, 15) is 14.7 Å². The number of aromatic nitrogens is 2. The number of rotatable bonds is 4. The highest BCUT2D eigenvalue weighted by molar-refractivity contribution is 5.96. The molecule has 20 heavy (non-hydrogen) atoms. The molecule has 0 unspecified atom stereocenters. The number of carboxylic acid groups (broad SMARTS) is 1. The Morgan fingerprint density at radius 2 is 2.15 bits per heavy atom. The highest BCUT2D eigenvalue weighted by Gasteiger charge is 2.43. The van der Waals surface area contributed by atoms with Gasteiger partial charge >= 0.3 is 5.97 Å². The zero-order valence-electron chi connectivity index (χ0n) is 11.9. The van der Waals surface area contributed by atoms with Crippen molar-refractivity contribution in [1.82, 2.24) is 14.9 Å². The summed E-state index contributed by atoms with van der Waals surface area (Å²) in [6.45, 7) is 2.12. The summed E-state index contributed by atoms with van der Waals surface area (Å²) in [5.41, 5.74) is -0.883. The molecule has 0 radical (unpaired) electrons. The maximum atomic E-state index is 12.1. The minimum Gasteiger partial charge on any atom is -0.480 e. The largest absolute Gasteiger partial charge is 0.480 e. The van der Waals surface area contributed by atoms with Crippen LogP contribution >= 0.6 is 0 Å². The Morgan fingerprint density at radius 3 is 2.60 bits per heavy atom. The van der Waals surface area contributed by atoms with Gasteiger partial charge in [0.25, 0.3) is 5.91 Å². The number of amides is 1. The number of imidazole rings is 1. The van der Waals surface area contributed by atoms with Gasteiger partial charge in [-0.3, -0.25) is 4.79 Å². The lowest BCUT2D eigenvalue weighted by Gasteiger charge is -2.37. The van der Waals surface area contributed by atoms with E-state index in [2.05, 4.69) is 17.2 Å². The summed E-state index contributed by atoms with van der Waals surface area (Å²) in [7, 11) is 1.77. The molecule has 1 aliphatic rings. The van der Waals surface area contributed by atoms with Crippen LogP contribution in [0.25, 0.3) is 0 Å². The van der Waals surface area contributed by atoms with Crippen LogP contribution in [0.1, 0.15) is 49.5 Å². The predicted octanol–water partition coefficient (Wildman–Crippen LogP) is 1.57. The fourth-order valence-electron chi connectivity index (χ4n) is 2.78. The lowest BCUT2D eigenvalue weighted by molar-refractivity contribution is -0.146. The number of aryl methyl sites for hydroxylation is 1. The Morgan fingerprint density at radius 1 is 1.50 bits per heavy atom. The van der Waals surface area contributed by atoms with Crippen LogP contribution in [0.5, 0.6) is 0 Å². The van der Waals surface area contributed by atoms with E-state index in [1.165, 1.54) is 6.33 Å². The van der Waals surface area contributed by atoms with Crippen molar-refractivity contribution >= 4 is 11.9 Å². The summed E-state index contributed by atoms with van der Waals surface area (Å²) >= 11 is 0. The SMILES string of the molecule is CCC1CCC(NC(=O)c2cn(C)cn2)(C(=O)O)CC1. The van der Waals surface area contributed by atoms with E-state index in [1.807, 2.05) is 0 Å². The highest BCUT2D eigenvalue weighted by atomic mass is 16.4. The number of carbonyl (C=O) groups is 2. The standard InChI is InChI=1S/C14H21N3O3/c1-3-10-4-6-14(7-5-10,13(19)20)16-12(18)11-8-17(2)9-15-11/h8-10H,3-7H2,1-2H3,(H,16,18)(H,19,20). The van der Waals surface area contributed by atoms with Gasteiger partial charge in [0.1, 0.15) is 11.2 Å². The first-order chi connectivity index (χ1) is 9.47. The molecule has 2 rings (SSSR count).